The smallest absolute Gasteiger partial charge is 0.462 e. The quantitative estimate of drug-likeness (QED) is 0.0202. The highest BCUT2D eigenvalue weighted by molar-refractivity contribution is 8.13. The number of phosphoric acid groups is 3. The van der Waals surface area contributed by atoms with Gasteiger partial charge in [0, 0.05) is 30.7 Å². The molecule has 0 saturated carbocycles. The van der Waals surface area contributed by atoms with Crippen molar-refractivity contribution in [3.63, 3.8) is 0 Å². The fourth-order valence-electron chi connectivity index (χ4n) is 6.24. The zero-order chi connectivity index (χ0) is 54.4. The van der Waals surface area contributed by atoms with E-state index in [9.17, 15) is 77.4 Å². The summed E-state index contributed by atoms with van der Waals surface area (Å²) in [5.74, 6) is -3.68. The van der Waals surface area contributed by atoms with Gasteiger partial charge in [0.15, 0.2) is 22.8 Å². The summed E-state index contributed by atoms with van der Waals surface area (Å²) in [6.07, 6.45) is -11.7. The Kier molecular flexibility index (Phi) is 23.7. The first-order valence-corrected chi connectivity index (χ1v) is 27.1. The van der Waals surface area contributed by atoms with Crippen LogP contribution in [0.5, 0.6) is 0 Å². The topological polar surface area (TPSA) is 463 Å². The number of aromatic nitrogens is 4. The molecule has 2 amide bonds. The monoisotopic (exact) mass is 1110 g/mol. The van der Waals surface area contributed by atoms with E-state index in [1.54, 1.807) is 0 Å². The Morgan fingerprint density at radius 2 is 1.40 bits per heavy atom. The van der Waals surface area contributed by atoms with E-state index in [0.29, 0.717) is 0 Å². The van der Waals surface area contributed by atoms with Crippen molar-refractivity contribution >= 4 is 87.0 Å². The number of nitrogens with two attached hydrogens (primary N) is 1. The van der Waals surface area contributed by atoms with Gasteiger partial charge in [0.05, 0.1) is 51.3 Å². The fourth-order valence-corrected chi connectivity index (χ4v) is 9.86. The van der Waals surface area contributed by atoms with Crippen molar-refractivity contribution in [3.8, 4) is 0 Å². The number of aliphatic hydroxyl groups is 3. The van der Waals surface area contributed by atoms with Crippen molar-refractivity contribution in [2.45, 2.75) is 129 Å². The molecule has 1 saturated heterocycles. The number of fused-ring (bicyclic) bond motifs is 1. The second-order valence-electron chi connectivity index (χ2n) is 16.9. The van der Waals surface area contributed by atoms with Gasteiger partial charge in [-0.25, -0.2) is 28.6 Å². The van der Waals surface area contributed by atoms with Crippen LogP contribution in [0.3, 0.4) is 0 Å². The highest BCUT2D eigenvalue weighted by Crippen LogP contribution is 2.61. The number of hydrogen-bond acceptors (Lipinski definition) is 25. The molecule has 72 heavy (non-hydrogen) atoms. The summed E-state index contributed by atoms with van der Waals surface area (Å²) in [7, 11) is -16.5. The lowest BCUT2D eigenvalue weighted by molar-refractivity contribution is -0.160. The van der Waals surface area contributed by atoms with Crippen LogP contribution in [-0.2, 0) is 79.3 Å². The molecule has 1 aliphatic rings. The van der Waals surface area contributed by atoms with Crippen LogP contribution in [0.25, 0.3) is 11.2 Å². The molecule has 35 heteroatoms. The average molecular weight is 1110 g/mol. The molecular formula is C37H60N7O24P3S. The molecule has 1 fully saturated rings. The van der Waals surface area contributed by atoms with E-state index >= 15 is 0 Å². The van der Waals surface area contributed by atoms with Crippen molar-refractivity contribution in [2.24, 2.45) is 5.41 Å². The van der Waals surface area contributed by atoms with Gasteiger partial charge < -0.3 is 70.2 Å². The van der Waals surface area contributed by atoms with Gasteiger partial charge >= 0.3 is 41.4 Å². The van der Waals surface area contributed by atoms with Crippen molar-refractivity contribution in [1.29, 1.82) is 0 Å². The van der Waals surface area contributed by atoms with E-state index in [0.717, 1.165) is 29.0 Å². The van der Waals surface area contributed by atoms with Gasteiger partial charge in [-0.05, 0) is 27.7 Å². The first kappa shape index (κ1) is 62.2. The number of ether oxygens (including phenoxy) is 4. The number of amides is 2. The molecule has 3 heterocycles. The van der Waals surface area contributed by atoms with Crippen LogP contribution in [0.2, 0.25) is 0 Å². The van der Waals surface area contributed by atoms with Crippen molar-refractivity contribution in [3.05, 3.63) is 12.7 Å². The van der Waals surface area contributed by atoms with Gasteiger partial charge in [0.2, 0.25) is 11.8 Å². The third-order valence-corrected chi connectivity index (χ3v) is 13.6. The number of thioether (sulfide) groups is 1. The molecule has 11 N–H and O–H groups in total. The second-order valence-corrected chi connectivity index (χ2v) is 22.2. The average Bonchev–Trinajstić information content (AvgIpc) is 3.79. The summed E-state index contributed by atoms with van der Waals surface area (Å²) in [6.45, 7) is 5.86. The van der Waals surface area contributed by atoms with Gasteiger partial charge in [-0.15, -0.1) is 0 Å². The molecule has 0 bridgehead atoms. The van der Waals surface area contributed by atoms with Crippen LogP contribution in [0, 0.1) is 5.41 Å². The molecule has 0 aromatic carbocycles. The molecule has 0 spiro atoms. The van der Waals surface area contributed by atoms with Crippen LogP contribution in [0.15, 0.2) is 12.7 Å². The molecule has 2 aromatic rings. The van der Waals surface area contributed by atoms with Crippen molar-refractivity contribution in [1.82, 2.24) is 30.2 Å². The van der Waals surface area contributed by atoms with E-state index in [1.807, 2.05) is 0 Å². The van der Waals surface area contributed by atoms with Crippen LogP contribution in [-0.4, -0.2) is 170 Å². The molecule has 11 atom stereocenters. The highest BCUT2D eigenvalue weighted by Gasteiger charge is 2.50. The molecule has 31 nitrogen and oxygen atoms in total. The van der Waals surface area contributed by atoms with Gasteiger partial charge in [0.1, 0.15) is 54.6 Å². The van der Waals surface area contributed by atoms with Gasteiger partial charge in [-0.2, -0.15) is 4.31 Å². The Bertz CT molecular complexity index is 2360. The lowest BCUT2D eigenvalue weighted by Gasteiger charge is -2.30. The largest absolute Gasteiger partial charge is 0.481 e. The number of phosphoric ester groups is 3. The van der Waals surface area contributed by atoms with Crippen LogP contribution >= 0.6 is 35.2 Å². The molecule has 2 aromatic heterocycles. The SMILES string of the molecule is C[C@H](CC(=O)O[C@H](C)CC(=O)SCCNC(=O)CCNC(=O)[C@H](O)C(C)(C)COP(=O)(O)OP(=O)(O)OC[C@H]1O[C@@H](n2cnc3c(N)ncnc32)[C@H](O)[C@@H]1OP(=O)(O)O)OC(=O)C[C@@H](C)OC(=O)C[C@@H](C)O. The van der Waals surface area contributed by atoms with E-state index in [2.05, 4.69) is 34.4 Å². The zero-order valence-electron chi connectivity index (χ0n) is 39.6. The Labute approximate surface area is 415 Å². The summed E-state index contributed by atoms with van der Waals surface area (Å²) >= 11 is 0.850. The van der Waals surface area contributed by atoms with Crippen LogP contribution < -0.4 is 16.4 Å². The minimum atomic E-state index is -5.62. The molecule has 2 unspecified atom stereocenters. The first-order chi connectivity index (χ1) is 33.3. The number of rotatable bonds is 30. The summed E-state index contributed by atoms with van der Waals surface area (Å²) in [5, 5.41) is 35.3. The van der Waals surface area contributed by atoms with E-state index in [4.69, 9.17) is 33.7 Å². The maximum absolute atomic E-state index is 12.7. The molecule has 0 aliphatic carbocycles. The van der Waals surface area contributed by atoms with Crippen LogP contribution in [0.4, 0.5) is 5.82 Å². The Hall–Kier alpha value is -4.07. The number of carbonyl (C=O) groups excluding carboxylic acids is 6. The van der Waals surface area contributed by atoms with Crippen LogP contribution in [0.1, 0.15) is 79.9 Å². The van der Waals surface area contributed by atoms with E-state index in [1.165, 1.54) is 41.5 Å². The van der Waals surface area contributed by atoms with Crippen molar-refractivity contribution < 1.29 is 114 Å². The lowest BCUT2D eigenvalue weighted by Crippen LogP contribution is -2.46. The number of nitrogens with zero attached hydrogens (tertiary/aromatic N) is 4. The predicted octanol–water partition coefficient (Wildman–Crippen LogP) is -0.599. The maximum Gasteiger partial charge on any atom is 0.481 e. The predicted molar refractivity (Wildman–Crippen MR) is 244 cm³/mol. The summed E-state index contributed by atoms with van der Waals surface area (Å²) in [6, 6.07) is 0. The van der Waals surface area contributed by atoms with E-state index in [-0.39, 0.29) is 73.0 Å². The number of esters is 3. The third-order valence-electron chi connectivity index (χ3n) is 9.59. The fraction of sp³-hybridized carbons (Fsp3) is 0.703. The number of imidazole rings is 1. The number of aliphatic hydroxyl groups excluding tert-OH is 3. The number of anilines is 1. The second kappa shape index (κ2) is 27.5. The molecular weight excluding hydrogens is 1050 g/mol. The lowest BCUT2D eigenvalue weighted by atomic mass is 9.87. The standard InChI is InChI=1S/C37H60N7O24P3S/c1-19(45)11-25(47)63-20(2)12-26(48)64-21(3)13-27(49)65-22(4)14-28(50)72-10-9-39-24(46)7-8-40-35(53)32(52)37(5,6)16-62-71(59,60)68-70(57,58)61-15-23-31(67-69(54,55)56)30(51)36(66-23)44-18-43-29-33(38)41-17-42-34(29)44/h17-23,30-32,36,45,51-52H,7-16H2,1-6H3,(H,39,46)(H,40,53)(H,57,58)(H,59,60)(H2,38,41,42)(H2,54,55,56)/t19-,20-,21-,22-,23-,30-,31-,32+,36-/m1/s1. The Morgan fingerprint density at radius 3 is 1.99 bits per heavy atom. The minimum Gasteiger partial charge on any atom is -0.462 e. The summed E-state index contributed by atoms with van der Waals surface area (Å²) in [4.78, 5) is 125. The number of carbonyl (C=O) groups is 6. The number of nitrogens with one attached hydrogen (secondary N) is 2. The van der Waals surface area contributed by atoms with Crippen molar-refractivity contribution in [2.75, 3.05) is 37.8 Å². The molecule has 0 radical (unpaired) electrons. The minimum absolute atomic E-state index is 0.00844. The zero-order valence-corrected chi connectivity index (χ0v) is 43.1. The molecule has 3 rings (SSSR count). The molecule has 1 aliphatic heterocycles. The van der Waals surface area contributed by atoms with Gasteiger partial charge in [-0.3, -0.25) is 46.9 Å². The molecule has 408 valence electrons. The normalized spacial score (nSPS) is 21.0. The maximum atomic E-state index is 12.7. The van der Waals surface area contributed by atoms with Gasteiger partial charge in [-0.1, -0.05) is 25.6 Å². The number of hydrogen-bond donors (Lipinski definition) is 10. The summed E-state index contributed by atoms with van der Waals surface area (Å²) in [5.41, 5.74) is 4.16. The summed E-state index contributed by atoms with van der Waals surface area (Å²) < 4.78 is 77.7. The third kappa shape index (κ3) is 21.4. The Balaban J connectivity index is 1.35. The number of nitrogen functional groups attached to an aromatic ring is 1. The van der Waals surface area contributed by atoms with E-state index < -0.39 is 127 Å². The van der Waals surface area contributed by atoms with Gasteiger partial charge in [0.25, 0.3) is 0 Å². The Morgan fingerprint density at radius 1 is 0.833 bits per heavy atom. The first-order valence-electron chi connectivity index (χ1n) is 21.6. The highest BCUT2D eigenvalue weighted by atomic mass is 32.2.